The molecule has 3 heteroatoms. The molecule has 0 bridgehead atoms. The van der Waals surface area contributed by atoms with Crippen molar-refractivity contribution >= 4 is 5.78 Å². The molecular formula is C12H15NO2. The number of ether oxygens (including phenoxy) is 1. The van der Waals surface area contributed by atoms with Crippen LogP contribution in [0, 0.1) is 0 Å². The van der Waals surface area contributed by atoms with E-state index in [2.05, 4.69) is 6.58 Å². The molecule has 0 saturated heterocycles. The highest BCUT2D eigenvalue weighted by molar-refractivity contribution is 6.00. The third-order valence-electron chi connectivity index (χ3n) is 2.13. The minimum atomic E-state index is -0.504. The molecule has 0 aliphatic rings. The summed E-state index contributed by atoms with van der Waals surface area (Å²) in [5.41, 5.74) is 6.28. The van der Waals surface area contributed by atoms with Crippen LogP contribution in [0.15, 0.2) is 36.9 Å². The molecule has 3 nitrogen and oxygen atoms in total. The monoisotopic (exact) mass is 205 g/mol. The Balaban J connectivity index is 2.77. The molecule has 80 valence electrons. The lowest BCUT2D eigenvalue weighted by Gasteiger charge is -2.08. The summed E-state index contributed by atoms with van der Waals surface area (Å²) in [5.74, 6) is 0.654. The van der Waals surface area contributed by atoms with Gasteiger partial charge in [0.15, 0.2) is 5.78 Å². The maximum absolute atomic E-state index is 11.7. The summed E-state index contributed by atoms with van der Waals surface area (Å²) in [5, 5.41) is 0. The van der Waals surface area contributed by atoms with Crippen molar-refractivity contribution in [3.63, 3.8) is 0 Å². The molecule has 0 aromatic heterocycles. The van der Waals surface area contributed by atoms with Gasteiger partial charge < -0.3 is 10.5 Å². The smallest absolute Gasteiger partial charge is 0.179 e. The van der Waals surface area contributed by atoms with Crippen LogP contribution in [0.5, 0.6) is 5.75 Å². The van der Waals surface area contributed by atoms with Crippen molar-refractivity contribution < 1.29 is 9.53 Å². The van der Waals surface area contributed by atoms with Crippen molar-refractivity contribution in [3.05, 3.63) is 42.5 Å². The zero-order chi connectivity index (χ0) is 11.3. The standard InChI is InChI=1S/C12H15NO2/c1-3-4-11(13)12(14)9-5-7-10(15-2)8-6-9/h3,5-8,11H,1,4,13H2,2H3. The molecule has 2 N–H and O–H groups in total. The second kappa shape index (κ2) is 5.32. The first kappa shape index (κ1) is 11.5. The van der Waals surface area contributed by atoms with Crippen molar-refractivity contribution in [2.45, 2.75) is 12.5 Å². The number of carbonyl (C=O) groups is 1. The molecule has 1 rings (SSSR count). The molecule has 0 heterocycles. The van der Waals surface area contributed by atoms with Gasteiger partial charge in [-0.1, -0.05) is 6.08 Å². The van der Waals surface area contributed by atoms with Crippen LogP contribution < -0.4 is 10.5 Å². The van der Waals surface area contributed by atoms with Crippen LogP contribution >= 0.6 is 0 Å². The number of carbonyl (C=O) groups excluding carboxylic acids is 1. The van der Waals surface area contributed by atoms with E-state index < -0.39 is 6.04 Å². The van der Waals surface area contributed by atoms with Crippen molar-refractivity contribution in [1.82, 2.24) is 0 Å². The predicted octanol–water partition coefficient (Wildman–Crippen LogP) is 1.78. The third kappa shape index (κ3) is 2.92. The Morgan fingerprint density at radius 2 is 2.13 bits per heavy atom. The topological polar surface area (TPSA) is 52.3 Å². The first-order chi connectivity index (χ1) is 7.19. The Labute approximate surface area is 89.5 Å². The van der Waals surface area contributed by atoms with Gasteiger partial charge in [0.2, 0.25) is 0 Å². The van der Waals surface area contributed by atoms with Gasteiger partial charge in [0.1, 0.15) is 5.75 Å². The Morgan fingerprint density at radius 1 is 1.53 bits per heavy atom. The summed E-state index contributed by atoms with van der Waals surface area (Å²) in [4.78, 5) is 11.7. The molecule has 1 atom stereocenters. The molecule has 15 heavy (non-hydrogen) atoms. The second-order valence-corrected chi connectivity index (χ2v) is 3.22. The SMILES string of the molecule is C=CCC(N)C(=O)c1ccc(OC)cc1. The summed E-state index contributed by atoms with van der Waals surface area (Å²) in [6.07, 6.45) is 2.14. The average Bonchev–Trinajstić information content (AvgIpc) is 2.28. The van der Waals surface area contributed by atoms with Gasteiger partial charge in [0, 0.05) is 5.56 Å². The van der Waals surface area contributed by atoms with Crippen LogP contribution in [0.25, 0.3) is 0 Å². The number of benzene rings is 1. The van der Waals surface area contributed by atoms with E-state index in [-0.39, 0.29) is 5.78 Å². The van der Waals surface area contributed by atoms with Crippen LogP contribution in [0.1, 0.15) is 16.8 Å². The van der Waals surface area contributed by atoms with E-state index in [1.165, 1.54) is 0 Å². The molecule has 0 saturated carbocycles. The van der Waals surface area contributed by atoms with E-state index in [9.17, 15) is 4.79 Å². The molecule has 0 fully saturated rings. The van der Waals surface area contributed by atoms with Gasteiger partial charge in [0.05, 0.1) is 13.2 Å². The molecule has 0 aliphatic heterocycles. The van der Waals surface area contributed by atoms with Crippen molar-refractivity contribution in [1.29, 1.82) is 0 Å². The van der Waals surface area contributed by atoms with E-state index in [1.54, 1.807) is 37.5 Å². The number of hydrogen-bond donors (Lipinski definition) is 1. The number of ketones is 1. The van der Waals surface area contributed by atoms with E-state index in [0.717, 1.165) is 5.75 Å². The lowest BCUT2D eigenvalue weighted by Crippen LogP contribution is -2.29. The van der Waals surface area contributed by atoms with Crippen LogP contribution in [0.2, 0.25) is 0 Å². The Hall–Kier alpha value is -1.61. The zero-order valence-corrected chi connectivity index (χ0v) is 8.77. The first-order valence-corrected chi connectivity index (χ1v) is 4.73. The maximum Gasteiger partial charge on any atom is 0.179 e. The van der Waals surface area contributed by atoms with E-state index in [1.807, 2.05) is 0 Å². The molecule has 1 aromatic rings. The zero-order valence-electron chi connectivity index (χ0n) is 8.77. The minimum absolute atomic E-state index is 0.0717. The molecule has 1 aromatic carbocycles. The largest absolute Gasteiger partial charge is 0.497 e. The van der Waals surface area contributed by atoms with E-state index in [0.29, 0.717) is 12.0 Å². The van der Waals surface area contributed by atoms with Gasteiger partial charge in [-0.3, -0.25) is 4.79 Å². The Bertz CT molecular complexity index is 343. The summed E-state index contributed by atoms with van der Waals surface area (Å²) < 4.78 is 5.00. The van der Waals surface area contributed by atoms with Gasteiger partial charge in [-0.15, -0.1) is 6.58 Å². The molecule has 0 radical (unpaired) electrons. The fraction of sp³-hybridized carbons (Fsp3) is 0.250. The number of nitrogens with two attached hydrogens (primary N) is 1. The molecule has 1 unspecified atom stereocenters. The summed E-state index contributed by atoms with van der Waals surface area (Å²) in [6, 6.07) is 6.41. The van der Waals surface area contributed by atoms with Crippen LogP contribution in [-0.4, -0.2) is 18.9 Å². The average molecular weight is 205 g/mol. The predicted molar refractivity (Wildman–Crippen MR) is 60.1 cm³/mol. The number of methoxy groups -OCH3 is 1. The Morgan fingerprint density at radius 3 is 2.60 bits per heavy atom. The van der Waals surface area contributed by atoms with Crippen molar-refractivity contribution in [3.8, 4) is 5.75 Å². The quantitative estimate of drug-likeness (QED) is 0.589. The van der Waals surface area contributed by atoms with E-state index >= 15 is 0 Å². The highest BCUT2D eigenvalue weighted by Gasteiger charge is 2.13. The van der Waals surface area contributed by atoms with Crippen LogP contribution in [0.4, 0.5) is 0 Å². The van der Waals surface area contributed by atoms with Gasteiger partial charge in [-0.25, -0.2) is 0 Å². The summed E-state index contributed by atoms with van der Waals surface area (Å²) >= 11 is 0. The number of Topliss-reactive ketones (excluding diaryl/α,β-unsaturated/α-hetero) is 1. The molecule has 0 spiro atoms. The van der Waals surface area contributed by atoms with Gasteiger partial charge in [-0.05, 0) is 30.7 Å². The number of hydrogen-bond acceptors (Lipinski definition) is 3. The third-order valence-corrected chi connectivity index (χ3v) is 2.13. The lowest BCUT2D eigenvalue weighted by atomic mass is 10.0. The van der Waals surface area contributed by atoms with Gasteiger partial charge >= 0.3 is 0 Å². The normalized spacial score (nSPS) is 11.9. The van der Waals surface area contributed by atoms with Gasteiger partial charge in [0.25, 0.3) is 0 Å². The van der Waals surface area contributed by atoms with Crippen LogP contribution in [-0.2, 0) is 0 Å². The van der Waals surface area contributed by atoms with Crippen molar-refractivity contribution in [2.24, 2.45) is 5.73 Å². The molecular weight excluding hydrogens is 190 g/mol. The highest BCUT2D eigenvalue weighted by Crippen LogP contribution is 2.13. The number of rotatable bonds is 5. The van der Waals surface area contributed by atoms with Crippen LogP contribution in [0.3, 0.4) is 0 Å². The summed E-state index contributed by atoms with van der Waals surface area (Å²) in [6.45, 7) is 3.55. The maximum atomic E-state index is 11.7. The highest BCUT2D eigenvalue weighted by atomic mass is 16.5. The van der Waals surface area contributed by atoms with Crippen molar-refractivity contribution in [2.75, 3.05) is 7.11 Å². The first-order valence-electron chi connectivity index (χ1n) is 4.73. The fourth-order valence-electron chi connectivity index (χ4n) is 1.26. The lowest BCUT2D eigenvalue weighted by molar-refractivity contribution is 0.0962. The molecule has 0 amide bonds. The van der Waals surface area contributed by atoms with E-state index in [4.69, 9.17) is 10.5 Å². The Kier molecular flexibility index (Phi) is 4.06. The van der Waals surface area contributed by atoms with Gasteiger partial charge in [-0.2, -0.15) is 0 Å². The summed E-state index contributed by atoms with van der Waals surface area (Å²) in [7, 11) is 1.58. The minimum Gasteiger partial charge on any atom is -0.497 e. The fourth-order valence-corrected chi connectivity index (χ4v) is 1.26. The molecule has 0 aliphatic carbocycles. The second-order valence-electron chi connectivity index (χ2n) is 3.22.